The molecule has 0 saturated carbocycles. The number of halogens is 1. The van der Waals surface area contributed by atoms with Crippen molar-refractivity contribution >= 4 is 53.0 Å². The third-order valence-electron chi connectivity index (χ3n) is 10.5. The number of esters is 1. The third-order valence-corrected chi connectivity index (χ3v) is 11.8. The van der Waals surface area contributed by atoms with Gasteiger partial charge in [-0.3, -0.25) is 9.36 Å². The Morgan fingerprint density at radius 1 is 1.08 bits per heavy atom. The molecule has 0 radical (unpaired) electrons. The number of methoxy groups -OCH3 is 1. The fourth-order valence-electron chi connectivity index (χ4n) is 8.06. The van der Waals surface area contributed by atoms with Crippen molar-refractivity contribution in [3.63, 3.8) is 0 Å². The van der Waals surface area contributed by atoms with Crippen LogP contribution in [0.4, 0.5) is 5.69 Å². The maximum Gasteiger partial charge on any atom is 0.377 e. The van der Waals surface area contributed by atoms with E-state index in [0.29, 0.717) is 43.3 Å². The lowest BCUT2D eigenvalue weighted by molar-refractivity contribution is 0.0589. The van der Waals surface area contributed by atoms with Crippen LogP contribution in [0.5, 0.6) is 5.75 Å². The van der Waals surface area contributed by atoms with Crippen molar-refractivity contribution in [2.75, 3.05) is 25.6 Å². The highest BCUT2D eigenvalue weighted by Gasteiger charge is 2.32. The van der Waals surface area contributed by atoms with Crippen molar-refractivity contribution in [3.05, 3.63) is 75.0 Å². The topological polar surface area (TPSA) is 112 Å². The Bertz CT molecular complexity index is 2160. The summed E-state index contributed by atoms with van der Waals surface area (Å²) in [4.78, 5) is 16.6. The van der Waals surface area contributed by atoms with Crippen LogP contribution in [0.25, 0.3) is 22.0 Å². The van der Waals surface area contributed by atoms with Crippen LogP contribution >= 0.6 is 23.4 Å². The summed E-state index contributed by atoms with van der Waals surface area (Å²) < 4.78 is 17.9. The number of anilines is 1. The highest BCUT2D eigenvalue weighted by atomic mass is 35.5. The predicted octanol–water partition coefficient (Wildman–Crippen LogP) is 6.25. The largest absolute Gasteiger partial charge is 0.491 e. The van der Waals surface area contributed by atoms with Crippen LogP contribution in [-0.2, 0) is 63.5 Å². The number of nitrogens with zero attached hydrogens (tertiary/aromatic N) is 6. The van der Waals surface area contributed by atoms with Crippen LogP contribution in [0.15, 0.2) is 35.2 Å². The molecule has 0 amide bonds. The first-order chi connectivity index (χ1) is 24.7. The number of thioether (sulfide) groups is 1. The Morgan fingerprint density at radius 2 is 1.94 bits per heavy atom. The van der Waals surface area contributed by atoms with Gasteiger partial charge in [-0.2, -0.15) is 10.2 Å². The number of aromatic nitrogens is 5. The molecule has 266 valence electrons. The number of carbonyl (C=O) groups excluding carboxylic acids is 1. The zero-order valence-corrected chi connectivity index (χ0v) is 31.2. The monoisotopic (exact) mass is 727 g/mol. The molecule has 2 aromatic carbocycles. The highest BCUT2D eigenvalue weighted by molar-refractivity contribution is 7.98. The van der Waals surface area contributed by atoms with Crippen molar-refractivity contribution in [3.8, 4) is 16.9 Å². The highest BCUT2D eigenvalue weighted by Crippen LogP contribution is 2.44. The lowest BCUT2D eigenvalue weighted by Crippen LogP contribution is -2.36. The van der Waals surface area contributed by atoms with Crippen LogP contribution in [0.3, 0.4) is 0 Å². The van der Waals surface area contributed by atoms with Gasteiger partial charge in [-0.1, -0.05) is 17.7 Å². The van der Waals surface area contributed by atoms with Crippen LogP contribution in [0.2, 0.25) is 11.8 Å². The number of hydrogen-bond acceptors (Lipinski definition) is 9. The molecule has 3 aliphatic rings. The molecule has 6 heterocycles. The second-order valence-corrected chi connectivity index (χ2v) is 15.3. The minimum atomic E-state index is -0.753. The molecule has 8 rings (SSSR count). The molecule has 3 aliphatic heterocycles. The first kappa shape index (κ1) is 34.2. The quantitative estimate of drug-likeness (QED) is 0.161. The summed E-state index contributed by atoms with van der Waals surface area (Å²) in [5.41, 5.74) is 10.4. The zero-order valence-electron chi connectivity index (χ0n) is 29.6. The Hall–Kier alpha value is -3.91. The van der Waals surface area contributed by atoms with Crippen molar-refractivity contribution < 1.29 is 19.3 Å². The van der Waals surface area contributed by atoms with Crippen molar-refractivity contribution in [1.82, 2.24) is 28.9 Å². The first-order valence-electron chi connectivity index (χ1n) is 17.8. The molecule has 0 spiro atoms. The van der Waals surface area contributed by atoms with E-state index >= 15 is 0 Å². The molecule has 0 fully saturated rings. The van der Waals surface area contributed by atoms with Gasteiger partial charge in [0, 0.05) is 78.8 Å². The van der Waals surface area contributed by atoms with Crippen molar-refractivity contribution in [2.45, 2.75) is 75.6 Å². The van der Waals surface area contributed by atoms with Crippen molar-refractivity contribution in [2.24, 2.45) is 14.1 Å². The number of carbonyl (C=O) groups is 1. The zero-order chi connectivity index (χ0) is 35.4. The van der Waals surface area contributed by atoms with Gasteiger partial charge in [0.2, 0.25) is 0 Å². The molecule has 51 heavy (non-hydrogen) atoms. The summed E-state index contributed by atoms with van der Waals surface area (Å²) in [5.74, 6) is 1.22. The van der Waals surface area contributed by atoms with E-state index in [9.17, 15) is 9.82 Å². The van der Waals surface area contributed by atoms with E-state index in [4.69, 9.17) is 31.3 Å². The average molecular weight is 728 g/mol. The van der Waals surface area contributed by atoms with Crippen LogP contribution in [0, 0.1) is 0 Å². The Kier molecular flexibility index (Phi) is 9.33. The SMILES string of the molecule is COC(=O)c1c2c3ccc(Cl)c(c3n1C)-c1c(nn3c1CCC3)CN(B(C)O)Cc1cc(n(C)n1)CSc1cc3c(c(c1)OCCC2)NCCC3. The van der Waals surface area contributed by atoms with Gasteiger partial charge < -0.3 is 29.2 Å². The Balaban J connectivity index is 1.29. The number of fused-ring (bicyclic) bond motifs is 10. The molecule has 0 unspecified atom stereocenters. The molecule has 3 aromatic heterocycles. The normalized spacial score (nSPS) is 16.5. The van der Waals surface area contributed by atoms with Crippen LogP contribution < -0.4 is 10.1 Å². The maximum atomic E-state index is 13.5. The molecular weight excluding hydrogens is 685 g/mol. The number of ether oxygens (including phenoxy) is 2. The Labute approximate surface area is 307 Å². The van der Waals surface area contributed by atoms with Gasteiger partial charge in [0.25, 0.3) is 0 Å². The molecule has 5 aromatic rings. The fourth-order valence-corrected chi connectivity index (χ4v) is 9.31. The summed E-state index contributed by atoms with van der Waals surface area (Å²) in [6.45, 7) is 4.85. The van der Waals surface area contributed by atoms with Gasteiger partial charge in [-0.15, -0.1) is 11.8 Å². The minimum absolute atomic E-state index is 0.389. The van der Waals surface area contributed by atoms with Gasteiger partial charge in [0.15, 0.2) is 0 Å². The number of nitrogens with one attached hydrogen (secondary N) is 1. The fraction of sp³-hybridized carbons (Fsp3) is 0.432. The standard InChI is InChI=1S/C37H43BClN7O4S/c1-38(48)45-19-23-17-24(44(3)41-23)21-51-25-16-22-8-5-13-40-34(22)31(18-25)50-15-7-9-26-27-11-12-28(39)32(35(27)43(2)36(26)37(47)49-4)33-29(20-45)42-46-14-6-10-30(33)46/h11-12,16-18,40,48H,5-10,13-15,19-21H2,1-4H3. The molecule has 14 heteroatoms. The van der Waals surface area contributed by atoms with E-state index in [-0.39, 0.29) is 5.97 Å². The lowest BCUT2D eigenvalue weighted by atomic mass is 9.84. The van der Waals surface area contributed by atoms with Gasteiger partial charge in [0.1, 0.15) is 11.4 Å². The van der Waals surface area contributed by atoms with Gasteiger partial charge in [-0.25, -0.2) is 4.79 Å². The number of aryl methyl sites for hydroxylation is 5. The third kappa shape index (κ3) is 6.21. The summed E-state index contributed by atoms with van der Waals surface area (Å²) in [7, 11) is 4.57. The molecule has 8 bridgehead atoms. The lowest BCUT2D eigenvalue weighted by Gasteiger charge is -2.22. The second kappa shape index (κ2) is 13.9. The van der Waals surface area contributed by atoms with Gasteiger partial charge in [0.05, 0.1) is 41.3 Å². The molecule has 2 N–H and O–H groups in total. The van der Waals surface area contributed by atoms with Gasteiger partial charge in [-0.05, 0) is 80.7 Å². The minimum Gasteiger partial charge on any atom is -0.491 e. The summed E-state index contributed by atoms with van der Waals surface area (Å²) in [6, 6.07) is 10.5. The summed E-state index contributed by atoms with van der Waals surface area (Å²) in [6.07, 6.45) is 5.25. The summed E-state index contributed by atoms with van der Waals surface area (Å²) in [5, 5.41) is 26.2. The second-order valence-electron chi connectivity index (χ2n) is 13.8. The maximum absolute atomic E-state index is 13.5. The van der Waals surface area contributed by atoms with E-state index < -0.39 is 7.05 Å². The average Bonchev–Trinajstić information content (AvgIpc) is 3.87. The van der Waals surface area contributed by atoms with Crippen LogP contribution in [0.1, 0.15) is 63.7 Å². The van der Waals surface area contributed by atoms with E-state index in [1.54, 1.807) is 18.6 Å². The molecule has 0 atom stereocenters. The van der Waals surface area contributed by atoms with Crippen LogP contribution in [-0.4, -0.2) is 67.2 Å². The number of rotatable bonds is 2. The van der Waals surface area contributed by atoms with E-state index in [1.807, 2.05) is 40.3 Å². The van der Waals surface area contributed by atoms with E-state index in [1.165, 1.54) is 12.7 Å². The predicted molar refractivity (Wildman–Crippen MR) is 202 cm³/mol. The molecule has 0 saturated heterocycles. The van der Waals surface area contributed by atoms with Gasteiger partial charge >= 0.3 is 13.0 Å². The summed E-state index contributed by atoms with van der Waals surface area (Å²) >= 11 is 8.94. The smallest absolute Gasteiger partial charge is 0.377 e. The number of benzene rings is 2. The molecule has 0 aliphatic carbocycles. The molecule has 11 nitrogen and oxygen atoms in total. The van der Waals surface area contributed by atoms with E-state index in [0.717, 1.165) is 111 Å². The number of hydrogen-bond donors (Lipinski definition) is 2. The Morgan fingerprint density at radius 3 is 2.76 bits per heavy atom. The van der Waals surface area contributed by atoms with Crippen molar-refractivity contribution in [1.29, 1.82) is 0 Å². The van der Waals surface area contributed by atoms with E-state index in [2.05, 4.69) is 28.2 Å². The first-order valence-corrected chi connectivity index (χ1v) is 19.2. The molecular formula is C37H43BClN7O4S.